The Morgan fingerprint density at radius 1 is 1.09 bits per heavy atom. The fourth-order valence-corrected chi connectivity index (χ4v) is 2.13. The monoisotopic (exact) mass is 317 g/mol. The number of aromatic nitrogens is 2. The molecular weight excluding hydrogens is 298 g/mol. The van der Waals surface area contributed by atoms with E-state index >= 15 is 0 Å². The van der Waals surface area contributed by atoms with Crippen LogP contribution in [0.3, 0.4) is 0 Å². The van der Waals surface area contributed by atoms with E-state index in [1.54, 1.807) is 33.5 Å². The van der Waals surface area contributed by atoms with E-state index in [1.165, 1.54) is 18.6 Å². The molecule has 0 spiro atoms. The molecule has 7 heteroatoms. The third-order valence-corrected chi connectivity index (χ3v) is 3.27. The molecule has 0 fully saturated rings. The van der Waals surface area contributed by atoms with Crippen LogP contribution in [0, 0.1) is 0 Å². The van der Waals surface area contributed by atoms with Gasteiger partial charge in [0, 0.05) is 36.6 Å². The summed E-state index contributed by atoms with van der Waals surface area (Å²) in [5.74, 6) is 1.67. The molecular formula is C16H19N3O4. The Hall–Kier alpha value is -2.83. The maximum Gasteiger partial charge on any atom is 0.271 e. The van der Waals surface area contributed by atoms with Crippen LogP contribution in [0.4, 0.5) is 0 Å². The number of carbonyl (C=O) groups excluding carboxylic acids is 1. The molecule has 0 radical (unpaired) electrons. The SMILES string of the molecule is COc1cc(OC)c(CCNC(=O)c2cnccn2)c(OC)c1. The van der Waals surface area contributed by atoms with Crippen molar-refractivity contribution < 1.29 is 19.0 Å². The highest BCUT2D eigenvalue weighted by molar-refractivity contribution is 5.91. The van der Waals surface area contributed by atoms with Crippen LogP contribution in [0.2, 0.25) is 0 Å². The smallest absolute Gasteiger partial charge is 0.271 e. The van der Waals surface area contributed by atoms with Gasteiger partial charge >= 0.3 is 0 Å². The summed E-state index contributed by atoms with van der Waals surface area (Å²) < 4.78 is 16.0. The summed E-state index contributed by atoms with van der Waals surface area (Å²) in [4.78, 5) is 19.8. The van der Waals surface area contributed by atoms with E-state index in [4.69, 9.17) is 14.2 Å². The van der Waals surface area contributed by atoms with Crippen LogP contribution in [0.25, 0.3) is 0 Å². The standard InChI is InChI=1S/C16H19N3O4/c1-21-11-8-14(22-2)12(15(9-11)23-3)4-5-19-16(20)13-10-17-6-7-18-13/h6-10H,4-5H2,1-3H3,(H,19,20). The molecule has 0 saturated heterocycles. The molecule has 0 saturated carbocycles. The highest BCUT2D eigenvalue weighted by Crippen LogP contribution is 2.34. The van der Waals surface area contributed by atoms with Gasteiger partial charge in [-0.05, 0) is 6.42 Å². The van der Waals surface area contributed by atoms with Gasteiger partial charge in [-0.1, -0.05) is 0 Å². The molecule has 7 nitrogen and oxygen atoms in total. The van der Waals surface area contributed by atoms with Crippen LogP contribution >= 0.6 is 0 Å². The third kappa shape index (κ3) is 4.09. The molecule has 2 rings (SSSR count). The number of benzene rings is 1. The van der Waals surface area contributed by atoms with E-state index in [2.05, 4.69) is 15.3 Å². The maximum absolute atomic E-state index is 11.9. The van der Waals surface area contributed by atoms with Gasteiger partial charge in [-0.15, -0.1) is 0 Å². The van der Waals surface area contributed by atoms with E-state index in [0.717, 1.165) is 5.56 Å². The van der Waals surface area contributed by atoms with Gasteiger partial charge in [-0.3, -0.25) is 9.78 Å². The van der Waals surface area contributed by atoms with E-state index < -0.39 is 0 Å². The van der Waals surface area contributed by atoms with Gasteiger partial charge in [0.25, 0.3) is 5.91 Å². The Bertz CT molecular complexity index is 637. The molecule has 2 aromatic rings. The highest BCUT2D eigenvalue weighted by atomic mass is 16.5. The van der Waals surface area contributed by atoms with Gasteiger partial charge in [0.15, 0.2) is 0 Å². The lowest BCUT2D eigenvalue weighted by Gasteiger charge is -2.15. The van der Waals surface area contributed by atoms with Gasteiger partial charge in [0.05, 0.1) is 27.5 Å². The molecule has 1 aromatic heterocycles. The minimum Gasteiger partial charge on any atom is -0.496 e. The molecule has 0 aliphatic heterocycles. The van der Waals surface area contributed by atoms with Crippen molar-refractivity contribution in [3.63, 3.8) is 0 Å². The number of ether oxygens (including phenoxy) is 3. The highest BCUT2D eigenvalue weighted by Gasteiger charge is 2.14. The second kappa shape index (κ2) is 7.98. The van der Waals surface area contributed by atoms with Crippen LogP contribution in [-0.4, -0.2) is 43.7 Å². The van der Waals surface area contributed by atoms with Gasteiger partial charge in [-0.2, -0.15) is 0 Å². The van der Waals surface area contributed by atoms with Crippen molar-refractivity contribution in [3.05, 3.63) is 42.0 Å². The average molecular weight is 317 g/mol. The number of methoxy groups -OCH3 is 3. The second-order valence-electron chi connectivity index (χ2n) is 4.61. The van der Waals surface area contributed by atoms with Gasteiger partial charge in [0.2, 0.25) is 0 Å². The van der Waals surface area contributed by atoms with Crippen LogP contribution in [0.15, 0.2) is 30.7 Å². The second-order valence-corrected chi connectivity index (χ2v) is 4.61. The van der Waals surface area contributed by atoms with Crippen molar-refractivity contribution in [1.29, 1.82) is 0 Å². The van der Waals surface area contributed by atoms with Gasteiger partial charge in [0.1, 0.15) is 22.9 Å². The Morgan fingerprint density at radius 2 is 1.78 bits per heavy atom. The molecule has 122 valence electrons. The first kappa shape index (κ1) is 16.5. The number of hydrogen-bond acceptors (Lipinski definition) is 6. The molecule has 0 bridgehead atoms. The molecule has 0 aliphatic rings. The normalized spacial score (nSPS) is 10.0. The summed E-state index contributed by atoms with van der Waals surface area (Å²) in [6.45, 7) is 0.411. The topological polar surface area (TPSA) is 82.6 Å². The van der Waals surface area contributed by atoms with Crippen molar-refractivity contribution in [3.8, 4) is 17.2 Å². The lowest BCUT2D eigenvalue weighted by Crippen LogP contribution is -2.26. The van der Waals surface area contributed by atoms with Crippen molar-refractivity contribution in [2.75, 3.05) is 27.9 Å². The summed E-state index contributed by atoms with van der Waals surface area (Å²) in [6, 6.07) is 3.56. The Labute approximate surface area is 134 Å². The zero-order chi connectivity index (χ0) is 16.7. The Kier molecular flexibility index (Phi) is 5.74. The molecule has 23 heavy (non-hydrogen) atoms. The molecule has 1 amide bonds. The maximum atomic E-state index is 11.9. The fraction of sp³-hybridized carbons (Fsp3) is 0.312. The molecule has 1 N–H and O–H groups in total. The lowest BCUT2D eigenvalue weighted by molar-refractivity contribution is 0.0948. The zero-order valence-corrected chi connectivity index (χ0v) is 13.3. The lowest BCUT2D eigenvalue weighted by atomic mass is 10.1. The molecule has 0 unspecified atom stereocenters. The van der Waals surface area contributed by atoms with E-state index in [-0.39, 0.29) is 11.6 Å². The number of hydrogen-bond donors (Lipinski definition) is 1. The van der Waals surface area contributed by atoms with E-state index in [1.807, 2.05) is 0 Å². The van der Waals surface area contributed by atoms with Crippen LogP contribution in [0.5, 0.6) is 17.2 Å². The quantitative estimate of drug-likeness (QED) is 0.833. The van der Waals surface area contributed by atoms with Gasteiger partial charge < -0.3 is 19.5 Å². The molecule has 1 aromatic carbocycles. The Morgan fingerprint density at radius 3 is 2.30 bits per heavy atom. The number of rotatable bonds is 7. The van der Waals surface area contributed by atoms with Crippen LogP contribution < -0.4 is 19.5 Å². The predicted octanol–water partition coefficient (Wildman–Crippen LogP) is 1.47. The molecule has 1 heterocycles. The number of carbonyl (C=O) groups is 1. The number of nitrogens with one attached hydrogen (secondary N) is 1. The van der Waals surface area contributed by atoms with E-state index in [0.29, 0.717) is 30.2 Å². The Balaban J connectivity index is 2.06. The van der Waals surface area contributed by atoms with Crippen LogP contribution in [-0.2, 0) is 6.42 Å². The summed E-state index contributed by atoms with van der Waals surface area (Å²) in [5.41, 5.74) is 1.14. The molecule has 0 atom stereocenters. The van der Waals surface area contributed by atoms with Gasteiger partial charge in [-0.25, -0.2) is 4.98 Å². The average Bonchev–Trinajstić information content (AvgIpc) is 2.62. The first-order valence-electron chi connectivity index (χ1n) is 7.02. The first-order chi connectivity index (χ1) is 11.2. The zero-order valence-electron chi connectivity index (χ0n) is 13.3. The van der Waals surface area contributed by atoms with Crippen molar-refractivity contribution in [2.45, 2.75) is 6.42 Å². The first-order valence-corrected chi connectivity index (χ1v) is 7.02. The minimum absolute atomic E-state index is 0.274. The van der Waals surface area contributed by atoms with Crippen molar-refractivity contribution >= 4 is 5.91 Å². The predicted molar refractivity (Wildman–Crippen MR) is 84.2 cm³/mol. The van der Waals surface area contributed by atoms with Crippen LogP contribution in [0.1, 0.15) is 16.1 Å². The summed E-state index contributed by atoms with van der Waals surface area (Å²) in [6.07, 6.45) is 4.96. The summed E-state index contributed by atoms with van der Waals surface area (Å²) in [7, 11) is 4.74. The summed E-state index contributed by atoms with van der Waals surface area (Å²) in [5, 5.41) is 2.79. The largest absolute Gasteiger partial charge is 0.496 e. The minimum atomic E-state index is -0.274. The molecule has 0 aliphatic carbocycles. The number of amides is 1. The fourth-order valence-electron chi connectivity index (χ4n) is 2.13. The van der Waals surface area contributed by atoms with Crippen molar-refractivity contribution in [1.82, 2.24) is 15.3 Å². The number of nitrogens with zero attached hydrogens (tertiary/aromatic N) is 2. The third-order valence-electron chi connectivity index (χ3n) is 3.27. The van der Waals surface area contributed by atoms with E-state index in [9.17, 15) is 4.79 Å². The van der Waals surface area contributed by atoms with Crippen molar-refractivity contribution in [2.24, 2.45) is 0 Å². The summed E-state index contributed by atoms with van der Waals surface area (Å²) >= 11 is 0.